The Bertz CT molecular complexity index is 240. The largest absolute Gasteiger partial charge is 0.289 e. The second-order valence-electron chi connectivity index (χ2n) is 2.27. The minimum absolute atomic E-state index is 0.426. The number of hydrogen-bond donors (Lipinski definition) is 2. The smallest absolute Gasteiger partial charge is 0.254 e. The Morgan fingerprint density at radius 3 is 2.91 bits per heavy atom. The van der Waals surface area contributed by atoms with Crippen molar-refractivity contribution in [2.75, 3.05) is 0 Å². The van der Waals surface area contributed by atoms with Crippen LogP contribution in [-0.2, 0) is 4.79 Å². The summed E-state index contributed by atoms with van der Waals surface area (Å²) in [5.74, 6) is -0.874. The highest BCUT2D eigenvalue weighted by Crippen LogP contribution is 2.16. The van der Waals surface area contributed by atoms with Gasteiger partial charge in [-0.2, -0.15) is 0 Å². The van der Waals surface area contributed by atoms with Crippen molar-refractivity contribution in [2.45, 2.75) is 0 Å². The summed E-state index contributed by atoms with van der Waals surface area (Å²) >= 11 is 0. The summed E-state index contributed by atoms with van der Waals surface area (Å²) in [6.07, 6.45) is 6.95. The van der Waals surface area contributed by atoms with Gasteiger partial charge in [-0.05, 0) is 5.57 Å². The van der Waals surface area contributed by atoms with E-state index in [1.165, 1.54) is 0 Å². The summed E-state index contributed by atoms with van der Waals surface area (Å²) in [7, 11) is 0. The first-order valence-corrected chi connectivity index (χ1v) is 3.23. The summed E-state index contributed by atoms with van der Waals surface area (Å²) in [5, 5.41) is 8.31. The van der Waals surface area contributed by atoms with E-state index in [1.807, 2.05) is 0 Å². The zero-order chi connectivity index (χ0) is 8.27. The lowest BCUT2D eigenvalue weighted by atomic mass is 9.95. The molecule has 1 aliphatic rings. The molecule has 1 rings (SSSR count). The molecule has 0 fully saturated rings. The molecule has 0 bridgehead atoms. The normalized spacial score (nSPS) is 21.9. The summed E-state index contributed by atoms with van der Waals surface area (Å²) < 4.78 is 0. The third-order valence-electron chi connectivity index (χ3n) is 1.52. The molecule has 0 spiro atoms. The molecular weight excluding hydrogens is 142 g/mol. The van der Waals surface area contributed by atoms with E-state index < -0.39 is 11.8 Å². The molecule has 11 heavy (non-hydrogen) atoms. The topological polar surface area (TPSA) is 49.3 Å². The van der Waals surface area contributed by atoms with Crippen molar-refractivity contribution >= 4 is 5.91 Å². The summed E-state index contributed by atoms with van der Waals surface area (Å²) in [4.78, 5) is 10.9. The van der Waals surface area contributed by atoms with Gasteiger partial charge in [0.15, 0.2) is 0 Å². The van der Waals surface area contributed by atoms with E-state index in [0.717, 1.165) is 0 Å². The number of carbonyl (C=O) groups excluding carboxylic acids is 1. The Balaban J connectivity index is 2.73. The molecule has 58 valence electrons. The number of amides is 1. The third kappa shape index (κ3) is 1.56. The van der Waals surface area contributed by atoms with Crippen LogP contribution in [0, 0.1) is 5.92 Å². The number of hydroxylamine groups is 1. The SMILES string of the molecule is C=C1C=CC=CC1C(=O)NO. The van der Waals surface area contributed by atoms with Crippen LogP contribution in [-0.4, -0.2) is 11.1 Å². The third-order valence-corrected chi connectivity index (χ3v) is 1.52. The van der Waals surface area contributed by atoms with Gasteiger partial charge in [0.05, 0.1) is 5.92 Å². The monoisotopic (exact) mass is 151 g/mol. The van der Waals surface area contributed by atoms with E-state index in [4.69, 9.17) is 5.21 Å². The molecule has 1 amide bonds. The van der Waals surface area contributed by atoms with Crippen molar-refractivity contribution in [2.24, 2.45) is 5.92 Å². The van der Waals surface area contributed by atoms with Gasteiger partial charge in [0.25, 0.3) is 5.91 Å². The van der Waals surface area contributed by atoms with Crippen LogP contribution in [0.3, 0.4) is 0 Å². The molecule has 0 radical (unpaired) electrons. The standard InChI is InChI=1S/C8H9NO2/c1-6-4-2-3-5-7(6)8(10)9-11/h2-5,7,11H,1H2,(H,9,10). The first-order valence-electron chi connectivity index (χ1n) is 3.23. The minimum atomic E-state index is -0.449. The van der Waals surface area contributed by atoms with Crippen LogP contribution in [0.5, 0.6) is 0 Å². The van der Waals surface area contributed by atoms with Crippen molar-refractivity contribution in [3.8, 4) is 0 Å². The summed E-state index contributed by atoms with van der Waals surface area (Å²) in [6, 6.07) is 0. The average molecular weight is 151 g/mol. The first-order chi connectivity index (χ1) is 5.25. The van der Waals surface area contributed by atoms with Gasteiger partial charge in [0.1, 0.15) is 0 Å². The van der Waals surface area contributed by atoms with Gasteiger partial charge >= 0.3 is 0 Å². The van der Waals surface area contributed by atoms with Gasteiger partial charge in [0, 0.05) is 0 Å². The zero-order valence-corrected chi connectivity index (χ0v) is 5.95. The van der Waals surface area contributed by atoms with Crippen molar-refractivity contribution < 1.29 is 10.0 Å². The van der Waals surface area contributed by atoms with E-state index in [1.54, 1.807) is 29.8 Å². The van der Waals surface area contributed by atoms with E-state index in [9.17, 15) is 4.79 Å². The molecule has 0 aromatic heterocycles. The molecule has 0 aromatic rings. The predicted molar refractivity (Wildman–Crippen MR) is 40.8 cm³/mol. The van der Waals surface area contributed by atoms with E-state index in [0.29, 0.717) is 5.57 Å². The molecule has 1 unspecified atom stereocenters. The maximum absolute atomic E-state index is 10.9. The van der Waals surface area contributed by atoms with Crippen LogP contribution in [0.15, 0.2) is 36.5 Å². The van der Waals surface area contributed by atoms with Crippen LogP contribution in [0.25, 0.3) is 0 Å². The maximum Gasteiger partial charge on any atom is 0.254 e. The van der Waals surface area contributed by atoms with Crippen LogP contribution in [0.4, 0.5) is 0 Å². The van der Waals surface area contributed by atoms with Gasteiger partial charge in [-0.1, -0.05) is 30.9 Å². The summed E-state index contributed by atoms with van der Waals surface area (Å²) in [5.41, 5.74) is 2.26. The van der Waals surface area contributed by atoms with Gasteiger partial charge in [-0.25, -0.2) is 5.48 Å². The van der Waals surface area contributed by atoms with Crippen molar-refractivity contribution in [1.29, 1.82) is 0 Å². The minimum Gasteiger partial charge on any atom is -0.289 e. The fourth-order valence-corrected chi connectivity index (χ4v) is 0.907. The molecule has 0 aliphatic heterocycles. The molecular formula is C8H9NO2. The second-order valence-corrected chi connectivity index (χ2v) is 2.27. The highest BCUT2D eigenvalue weighted by atomic mass is 16.5. The van der Waals surface area contributed by atoms with Gasteiger partial charge in [0.2, 0.25) is 0 Å². The fraction of sp³-hybridized carbons (Fsp3) is 0.125. The number of rotatable bonds is 1. The van der Waals surface area contributed by atoms with Gasteiger partial charge in [-0.15, -0.1) is 0 Å². The average Bonchev–Trinajstić information content (AvgIpc) is 2.04. The molecule has 2 N–H and O–H groups in total. The first kappa shape index (κ1) is 7.75. The molecule has 3 nitrogen and oxygen atoms in total. The van der Waals surface area contributed by atoms with Crippen LogP contribution < -0.4 is 5.48 Å². The van der Waals surface area contributed by atoms with Gasteiger partial charge in [-0.3, -0.25) is 10.0 Å². The highest BCUT2D eigenvalue weighted by Gasteiger charge is 2.17. The number of nitrogens with one attached hydrogen (secondary N) is 1. The molecule has 0 aromatic carbocycles. The number of hydrogen-bond acceptors (Lipinski definition) is 2. The molecule has 0 saturated heterocycles. The van der Waals surface area contributed by atoms with Crippen molar-refractivity contribution in [1.82, 2.24) is 5.48 Å². The highest BCUT2D eigenvalue weighted by molar-refractivity contribution is 5.83. The second kappa shape index (κ2) is 3.16. The maximum atomic E-state index is 10.9. The Morgan fingerprint density at radius 1 is 1.64 bits per heavy atom. The van der Waals surface area contributed by atoms with E-state index in [2.05, 4.69) is 6.58 Å². The quantitative estimate of drug-likeness (QED) is 0.430. The molecule has 0 heterocycles. The Labute approximate surface area is 64.7 Å². The van der Waals surface area contributed by atoms with E-state index >= 15 is 0 Å². The van der Waals surface area contributed by atoms with E-state index in [-0.39, 0.29) is 0 Å². The Hall–Kier alpha value is -1.35. The van der Waals surface area contributed by atoms with Crippen molar-refractivity contribution in [3.05, 3.63) is 36.5 Å². The zero-order valence-electron chi connectivity index (χ0n) is 5.95. The molecule has 3 heteroatoms. The molecule has 1 atom stereocenters. The lowest BCUT2D eigenvalue weighted by molar-refractivity contribution is -0.130. The summed E-state index contributed by atoms with van der Waals surface area (Å²) in [6.45, 7) is 3.65. The predicted octanol–water partition coefficient (Wildman–Crippen LogP) is 0.790. The van der Waals surface area contributed by atoms with Crippen LogP contribution in [0.2, 0.25) is 0 Å². The van der Waals surface area contributed by atoms with Crippen LogP contribution >= 0.6 is 0 Å². The molecule has 0 saturated carbocycles. The molecule has 1 aliphatic carbocycles. The Morgan fingerprint density at radius 2 is 2.36 bits per heavy atom. The lowest BCUT2D eigenvalue weighted by Crippen LogP contribution is -2.27. The fourth-order valence-electron chi connectivity index (χ4n) is 0.907. The number of carbonyl (C=O) groups is 1. The lowest BCUT2D eigenvalue weighted by Gasteiger charge is -2.12. The van der Waals surface area contributed by atoms with Crippen molar-refractivity contribution in [3.63, 3.8) is 0 Å². The van der Waals surface area contributed by atoms with Crippen LogP contribution in [0.1, 0.15) is 0 Å². The number of allylic oxidation sites excluding steroid dienone is 3. The van der Waals surface area contributed by atoms with Gasteiger partial charge < -0.3 is 0 Å². The Kier molecular flexibility index (Phi) is 2.23.